The molecule has 1 atom stereocenters. The highest BCUT2D eigenvalue weighted by Gasteiger charge is 2.23. The van der Waals surface area contributed by atoms with Crippen molar-refractivity contribution in [3.05, 3.63) is 46.6 Å². The summed E-state index contributed by atoms with van der Waals surface area (Å²) in [6.45, 7) is -0.457. The average Bonchev–Trinajstić information content (AvgIpc) is 2.93. The van der Waals surface area contributed by atoms with E-state index in [0.717, 1.165) is 6.20 Å². The second-order valence-corrected chi connectivity index (χ2v) is 6.29. The van der Waals surface area contributed by atoms with Gasteiger partial charge in [-0.3, -0.25) is 0 Å². The highest BCUT2D eigenvalue weighted by atomic mass is 35.5. The van der Waals surface area contributed by atoms with Crippen LogP contribution < -0.4 is 4.72 Å². The lowest BCUT2D eigenvalue weighted by atomic mass is 10.2. The average molecular weight is 337 g/mol. The van der Waals surface area contributed by atoms with Crippen LogP contribution >= 0.6 is 23.2 Å². The van der Waals surface area contributed by atoms with Crippen molar-refractivity contribution in [2.24, 2.45) is 0 Å². The predicted molar refractivity (Wildman–Crippen MR) is 73.1 cm³/mol. The fraction of sp³-hybridized carbons (Fsp3) is 0.182. The van der Waals surface area contributed by atoms with E-state index in [2.05, 4.69) is 9.71 Å². The van der Waals surface area contributed by atoms with Gasteiger partial charge in [0.25, 0.3) is 0 Å². The Labute approximate surface area is 125 Å². The fourth-order valence-corrected chi connectivity index (χ4v) is 2.98. The number of aromatic nitrogens is 1. The zero-order valence-corrected chi connectivity index (χ0v) is 12.3. The molecule has 6 nitrogen and oxygen atoms in total. The molecule has 0 saturated carbocycles. The highest BCUT2D eigenvalue weighted by molar-refractivity contribution is 7.89. The first-order chi connectivity index (χ1) is 9.44. The Balaban J connectivity index is 2.28. The zero-order chi connectivity index (χ0) is 14.8. The molecule has 0 bridgehead atoms. The van der Waals surface area contributed by atoms with Gasteiger partial charge in [-0.2, -0.15) is 4.72 Å². The van der Waals surface area contributed by atoms with Gasteiger partial charge in [-0.1, -0.05) is 23.2 Å². The summed E-state index contributed by atoms with van der Waals surface area (Å²) >= 11 is 11.4. The summed E-state index contributed by atoms with van der Waals surface area (Å²) in [7, 11) is -3.91. The minimum atomic E-state index is -3.91. The molecular formula is C11H10Cl2N2O4S. The van der Waals surface area contributed by atoms with Crippen LogP contribution in [0.15, 0.2) is 40.0 Å². The molecule has 2 N–H and O–H groups in total. The second-order valence-electron chi connectivity index (χ2n) is 3.82. The number of hydrogen-bond donors (Lipinski definition) is 2. The number of hydrogen-bond acceptors (Lipinski definition) is 5. The Kier molecular flexibility index (Phi) is 4.66. The summed E-state index contributed by atoms with van der Waals surface area (Å²) in [6.07, 6.45) is 2.46. The molecule has 0 aliphatic heterocycles. The van der Waals surface area contributed by atoms with Gasteiger partial charge in [0.2, 0.25) is 10.0 Å². The number of furan rings is 1. The minimum Gasteiger partial charge on any atom is -0.468 e. The Bertz CT molecular complexity index is 688. The van der Waals surface area contributed by atoms with Gasteiger partial charge in [-0.15, -0.1) is 0 Å². The van der Waals surface area contributed by atoms with Crippen molar-refractivity contribution in [2.45, 2.75) is 10.9 Å². The van der Waals surface area contributed by atoms with Gasteiger partial charge in [0.15, 0.2) is 0 Å². The van der Waals surface area contributed by atoms with Crippen molar-refractivity contribution in [1.82, 2.24) is 9.71 Å². The number of halogens is 2. The van der Waals surface area contributed by atoms with Crippen molar-refractivity contribution in [3.63, 3.8) is 0 Å². The Morgan fingerprint density at radius 1 is 1.45 bits per heavy atom. The number of nitrogens with zero attached hydrogens (tertiary/aromatic N) is 1. The molecule has 2 aromatic heterocycles. The van der Waals surface area contributed by atoms with Crippen molar-refractivity contribution in [2.75, 3.05) is 6.61 Å². The van der Waals surface area contributed by atoms with Crippen molar-refractivity contribution < 1.29 is 17.9 Å². The maximum absolute atomic E-state index is 12.2. The quantitative estimate of drug-likeness (QED) is 0.814. The standard InChI is InChI=1S/C11H10Cl2N2O4S/c12-8-4-7(5-14-11(8)13)20(17,18)15-9(6-16)10-2-1-3-19-10/h1-5,9,15-16H,6H2. The van der Waals surface area contributed by atoms with E-state index in [0.29, 0.717) is 5.76 Å². The molecule has 0 aromatic carbocycles. The summed E-state index contributed by atoms with van der Waals surface area (Å²) in [5.74, 6) is 0.295. The van der Waals surface area contributed by atoms with E-state index in [9.17, 15) is 13.5 Å². The maximum atomic E-state index is 12.2. The monoisotopic (exact) mass is 336 g/mol. The van der Waals surface area contributed by atoms with E-state index >= 15 is 0 Å². The second kappa shape index (κ2) is 6.11. The molecule has 0 spiro atoms. The van der Waals surface area contributed by atoms with Gasteiger partial charge in [0.1, 0.15) is 21.9 Å². The third-order valence-corrected chi connectivity index (χ3v) is 4.57. The first kappa shape index (κ1) is 15.3. The summed E-state index contributed by atoms with van der Waals surface area (Å²) < 4.78 is 31.7. The SMILES string of the molecule is O=S(=O)(NC(CO)c1ccco1)c1cnc(Cl)c(Cl)c1. The molecule has 108 valence electrons. The van der Waals surface area contributed by atoms with Gasteiger partial charge in [-0.25, -0.2) is 13.4 Å². The number of aliphatic hydroxyl groups is 1. The van der Waals surface area contributed by atoms with E-state index in [4.69, 9.17) is 27.6 Å². The third kappa shape index (κ3) is 3.31. The lowest BCUT2D eigenvalue weighted by Gasteiger charge is -2.14. The van der Waals surface area contributed by atoms with Gasteiger partial charge in [-0.05, 0) is 18.2 Å². The highest BCUT2D eigenvalue weighted by Crippen LogP contribution is 2.23. The predicted octanol–water partition coefficient (Wildman–Crippen LogP) is 1.99. The van der Waals surface area contributed by atoms with Crippen LogP contribution in [0, 0.1) is 0 Å². The topological polar surface area (TPSA) is 92.4 Å². The third-order valence-electron chi connectivity index (χ3n) is 2.45. The molecule has 20 heavy (non-hydrogen) atoms. The Hall–Kier alpha value is -1.12. The Morgan fingerprint density at radius 3 is 2.75 bits per heavy atom. The normalized spacial score (nSPS) is 13.3. The number of nitrogens with one attached hydrogen (secondary N) is 1. The van der Waals surface area contributed by atoms with Crippen LogP contribution in [0.4, 0.5) is 0 Å². The lowest BCUT2D eigenvalue weighted by molar-refractivity contribution is 0.242. The lowest BCUT2D eigenvalue weighted by Crippen LogP contribution is -2.30. The first-order valence-corrected chi connectivity index (χ1v) is 7.65. The molecule has 0 aliphatic rings. The molecule has 0 amide bonds. The molecule has 9 heteroatoms. The summed E-state index contributed by atoms with van der Waals surface area (Å²) in [5, 5.41) is 9.29. The number of sulfonamides is 1. The van der Waals surface area contributed by atoms with E-state index in [1.807, 2.05) is 0 Å². The largest absolute Gasteiger partial charge is 0.468 e. The van der Waals surface area contributed by atoms with Crippen LogP contribution in [-0.4, -0.2) is 25.1 Å². The molecule has 2 heterocycles. The van der Waals surface area contributed by atoms with E-state index in [1.165, 1.54) is 12.3 Å². The van der Waals surface area contributed by atoms with Crippen LogP contribution in [0.1, 0.15) is 11.8 Å². The molecule has 2 aromatic rings. The van der Waals surface area contributed by atoms with Crippen LogP contribution in [0.3, 0.4) is 0 Å². The molecule has 0 saturated heterocycles. The van der Waals surface area contributed by atoms with Gasteiger partial charge < -0.3 is 9.52 Å². The fourth-order valence-electron chi connectivity index (χ4n) is 1.48. The number of aliphatic hydroxyl groups excluding tert-OH is 1. The zero-order valence-electron chi connectivity index (χ0n) is 9.95. The number of pyridine rings is 1. The van der Waals surface area contributed by atoms with Crippen molar-refractivity contribution in [3.8, 4) is 0 Å². The number of rotatable bonds is 5. The summed E-state index contributed by atoms with van der Waals surface area (Å²) in [4.78, 5) is 3.51. The Morgan fingerprint density at radius 2 is 2.20 bits per heavy atom. The van der Waals surface area contributed by atoms with Gasteiger partial charge in [0, 0.05) is 6.20 Å². The minimum absolute atomic E-state index is 0.00959. The molecule has 0 radical (unpaired) electrons. The van der Waals surface area contributed by atoms with E-state index < -0.39 is 22.7 Å². The molecule has 1 unspecified atom stereocenters. The van der Waals surface area contributed by atoms with Crippen LogP contribution in [-0.2, 0) is 10.0 Å². The maximum Gasteiger partial charge on any atom is 0.242 e. The van der Waals surface area contributed by atoms with E-state index in [-0.39, 0.29) is 15.1 Å². The van der Waals surface area contributed by atoms with Gasteiger partial charge in [0.05, 0.1) is 17.9 Å². The van der Waals surface area contributed by atoms with Crippen molar-refractivity contribution >= 4 is 33.2 Å². The van der Waals surface area contributed by atoms with Crippen molar-refractivity contribution in [1.29, 1.82) is 0 Å². The first-order valence-electron chi connectivity index (χ1n) is 5.41. The molecule has 0 fully saturated rings. The smallest absolute Gasteiger partial charge is 0.242 e. The van der Waals surface area contributed by atoms with Gasteiger partial charge >= 0.3 is 0 Å². The molecule has 0 aliphatic carbocycles. The molecule has 2 rings (SSSR count). The molecular weight excluding hydrogens is 327 g/mol. The van der Waals surface area contributed by atoms with Crippen LogP contribution in [0.2, 0.25) is 10.2 Å². The summed E-state index contributed by atoms with van der Waals surface area (Å²) in [5.41, 5.74) is 0. The summed E-state index contributed by atoms with van der Waals surface area (Å²) in [6, 6.07) is 3.42. The van der Waals surface area contributed by atoms with Crippen LogP contribution in [0.5, 0.6) is 0 Å². The van der Waals surface area contributed by atoms with Crippen LogP contribution in [0.25, 0.3) is 0 Å². The van der Waals surface area contributed by atoms with E-state index in [1.54, 1.807) is 12.1 Å².